The van der Waals surface area contributed by atoms with Crippen LogP contribution in [0.2, 0.25) is 0 Å². The molecule has 0 N–H and O–H groups in total. The van der Waals surface area contributed by atoms with Crippen molar-refractivity contribution in [1.29, 1.82) is 0 Å². The van der Waals surface area contributed by atoms with Gasteiger partial charge < -0.3 is 4.57 Å². The van der Waals surface area contributed by atoms with Crippen molar-refractivity contribution in [3.63, 3.8) is 0 Å². The average Bonchev–Trinajstić information content (AvgIpc) is 3.82. The van der Waals surface area contributed by atoms with Crippen LogP contribution in [0.4, 0.5) is 0 Å². The lowest BCUT2D eigenvalue weighted by molar-refractivity contribution is 0.726. The Labute approximate surface area is 297 Å². The van der Waals surface area contributed by atoms with Gasteiger partial charge in [-0.3, -0.25) is 0 Å². The van der Waals surface area contributed by atoms with Gasteiger partial charge in [0.25, 0.3) is 0 Å². The maximum Gasteiger partial charge on any atom is 0.0735 e. The van der Waals surface area contributed by atoms with Gasteiger partial charge in [-0.25, -0.2) is 0 Å². The molecular weight excluding hydrogens is 643 g/mol. The summed E-state index contributed by atoms with van der Waals surface area (Å²) in [5.41, 5.74) is 11.5. The molecule has 12 rings (SSSR count). The minimum Gasteiger partial charge on any atom is -0.309 e. The third-order valence-electron chi connectivity index (χ3n) is 11.3. The molecule has 1 nitrogen and oxygen atoms in total. The largest absolute Gasteiger partial charge is 0.309 e. The zero-order valence-corrected chi connectivity index (χ0v) is 28.5. The summed E-state index contributed by atoms with van der Waals surface area (Å²) in [4.78, 5) is 2.68. The molecule has 8 aromatic carbocycles. The maximum atomic E-state index is 2.54. The van der Waals surface area contributed by atoms with E-state index in [2.05, 4.69) is 168 Å². The van der Waals surface area contributed by atoms with Gasteiger partial charge in [0, 0.05) is 51.8 Å². The second-order valence-corrected chi connectivity index (χ2v) is 15.7. The molecule has 2 aliphatic rings. The minimum absolute atomic E-state index is 0.403. The normalized spacial score (nSPS) is 14.1. The fourth-order valence-corrected chi connectivity index (χ4v) is 11.8. The number of hydrogen-bond acceptors (Lipinski definition) is 2. The summed E-state index contributed by atoms with van der Waals surface area (Å²) >= 11 is 3.83. The summed E-state index contributed by atoms with van der Waals surface area (Å²) in [6.07, 6.45) is 0. The molecule has 3 heterocycles. The van der Waals surface area contributed by atoms with Crippen LogP contribution in [-0.4, -0.2) is 4.57 Å². The second kappa shape index (κ2) is 9.76. The first-order valence-electron chi connectivity index (χ1n) is 17.2. The summed E-state index contributed by atoms with van der Waals surface area (Å²) in [6, 6.07) is 61.6. The monoisotopic (exact) mass is 669 g/mol. The van der Waals surface area contributed by atoms with E-state index in [1.54, 1.807) is 0 Å². The minimum atomic E-state index is -0.403. The molecule has 1 spiro atoms. The van der Waals surface area contributed by atoms with Gasteiger partial charge in [0.1, 0.15) is 0 Å². The number of thiophene rings is 1. The van der Waals surface area contributed by atoms with Gasteiger partial charge in [0.15, 0.2) is 0 Å². The molecule has 1 aliphatic carbocycles. The van der Waals surface area contributed by atoms with Crippen molar-refractivity contribution in [2.75, 3.05) is 0 Å². The number of aromatic nitrogens is 1. The van der Waals surface area contributed by atoms with Crippen LogP contribution >= 0.6 is 23.1 Å². The Morgan fingerprint density at radius 1 is 0.460 bits per heavy atom. The van der Waals surface area contributed by atoms with Crippen molar-refractivity contribution in [1.82, 2.24) is 4.57 Å². The third-order valence-corrected chi connectivity index (χ3v) is 13.6. The van der Waals surface area contributed by atoms with Crippen molar-refractivity contribution < 1.29 is 0 Å². The van der Waals surface area contributed by atoms with E-state index in [1.807, 2.05) is 23.1 Å². The highest BCUT2D eigenvalue weighted by atomic mass is 32.2. The highest BCUT2D eigenvalue weighted by Gasteiger charge is 2.50. The lowest BCUT2D eigenvalue weighted by Crippen LogP contribution is -2.32. The quantitative estimate of drug-likeness (QED) is 0.168. The molecule has 0 fully saturated rings. The molecule has 0 radical (unpaired) electrons. The molecule has 3 heteroatoms. The Kier molecular flexibility index (Phi) is 5.32. The van der Waals surface area contributed by atoms with Gasteiger partial charge >= 0.3 is 0 Å². The SMILES string of the molecule is c1ccc2c(c1)Sc1c(ccc3c1c1ccc4ccccc4c1n3-c1ccc3c(c1)sc1ccccc13)C21c2ccccc2-c2ccccc21. The lowest BCUT2D eigenvalue weighted by Gasteiger charge is -2.40. The van der Waals surface area contributed by atoms with Crippen LogP contribution in [0.15, 0.2) is 174 Å². The van der Waals surface area contributed by atoms with Crippen molar-refractivity contribution in [2.24, 2.45) is 0 Å². The van der Waals surface area contributed by atoms with Crippen molar-refractivity contribution in [3.8, 4) is 16.8 Å². The number of fused-ring (bicyclic) bond motifs is 18. The summed E-state index contributed by atoms with van der Waals surface area (Å²) in [6.45, 7) is 0. The van der Waals surface area contributed by atoms with E-state index in [4.69, 9.17) is 0 Å². The number of rotatable bonds is 1. The molecule has 50 heavy (non-hydrogen) atoms. The van der Waals surface area contributed by atoms with Crippen LogP contribution in [0.5, 0.6) is 0 Å². The van der Waals surface area contributed by atoms with E-state index < -0.39 is 5.41 Å². The van der Waals surface area contributed by atoms with Crippen LogP contribution in [0.1, 0.15) is 22.3 Å². The zero-order valence-electron chi connectivity index (χ0n) is 26.9. The van der Waals surface area contributed by atoms with Crippen LogP contribution in [-0.2, 0) is 5.41 Å². The topological polar surface area (TPSA) is 4.93 Å². The lowest BCUT2D eigenvalue weighted by atomic mass is 9.67. The highest BCUT2D eigenvalue weighted by molar-refractivity contribution is 7.99. The van der Waals surface area contributed by atoms with Crippen LogP contribution in [0.3, 0.4) is 0 Å². The van der Waals surface area contributed by atoms with E-state index >= 15 is 0 Å². The van der Waals surface area contributed by atoms with Crippen LogP contribution < -0.4 is 0 Å². The molecular formula is C47H27NS2. The first-order chi connectivity index (χ1) is 24.8. The van der Waals surface area contributed by atoms with Crippen molar-refractivity contribution >= 4 is 75.8 Å². The molecule has 0 atom stereocenters. The summed E-state index contributed by atoms with van der Waals surface area (Å²) in [5, 5.41) is 7.82. The van der Waals surface area contributed by atoms with Crippen molar-refractivity contribution in [3.05, 3.63) is 186 Å². The van der Waals surface area contributed by atoms with Gasteiger partial charge in [-0.2, -0.15) is 0 Å². The van der Waals surface area contributed by atoms with E-state index in [0.717, 1.165) is 0 Å². The number of nitrogens with zero attached hydrogens (tertiary/aromatic N) is 1. The smallest absolute Gasteiger partial charge is 0.0735 e. The first-order valence-corrected chi connectivity index (χ1v) is 18.8. The summed E-state index contributed by atoms with van der Waals surface area (Å²) in [5.74, 6) is 0. The van der Waals surface area contributed by atoms with Crippen molar-refractivity contribution in [2.45, 2.75) is 15.2 Å². The zero-order chi connectivity index (χ0) is 32.6. The van der Waals surface area contributed by atoms with Gasteiger partial charge in [-0.05, 0) is 69.1 Å². The molecule has 0 unspecified atom stereocenters. The first kappa shape index (κ1) is 27.2. The Morgan fingerprint density at radius 2 is 1.12 bits per heavy atom. The molecule has 10 aromatic rings. The summed E-state index contributed by atoms with van der Waals surface area (Å²) < 4.78 is 5.19. The molecule has 2 aromatic heterocycles. The Bertz CT molecular complexity index is 3040. The Hall–Kier alpha value is -5.61. The van der Waals surface area contributed by atoms with Gasteiger partial charge in [-0.1, -0.05) is 145 Å². The van der Waals surface area contributed by atoms with Crippen LogP contribution in [0.25, 0.3) is 69.6 Å². The Morgan fingerprint density at radius 3 is 1.96 bits per heavy atom. The molecule has 1 aliphatic heterocycles. The van der Waals surface area contributed by atoms with E-state index in [0.29, 0.717) is 0 Å². The van der Waals surface area contributed by atoms with Gasteiger partial charge in [0.05, 0.1) is 16.4 Å². The number of benzene rings is 8. The molecule has 0 saturated heterocycles. The Balaban J connectivity index is 1.25. The third kappa shape index (κ3) is 3.30. The van der Waals surface area contributed by atoms with Gasteiger partial charge in [0.2, 0.25) is 0 Å². The molecule has 0 amide bonds. The highest BCUT2D eigenvalue weighted by Crippen LogP contribution is 2.63. The van der Waals surface area contributed by atoms with E-state index in [1.165, 1.54) is 102 Å². The molecule has 0 bridgehead atoms. The summed E-state index contributed by atoms with van der Waals surface area (Å²) in [7, 11) is 0. The maximum absolute atomic E-state index is 2.54. The fourth-order valence-electron chi connectivity index (χ4n) is 9.30. The standard InChI is InChI=1S/C47H27NS2/c1-2-12-30-28(11-1)21-23-35-44-40(48(45(30)35)29-22-24-34-33-15-5-9-19-41(33)49-43(34)27-29)26-25-39-46(44)50-42-20-10-8-18-38(42)47(39)36-16-6-3-13-31(36)32-14-4-7-17-37(32)47/h1-27H. The van der Waals surface area contributed by atoms with Gasteiger partial charge in [-0.15, -0.1) is 11.3 Å². The van der Waals surface area contributed by atoms with Crippen LogP contribution in [0, 0.1) is 0 Å². The number of hydrogen-bond donors (Lipinski definition) is 0. The predicted octanol–water partition coefficient (Wildman–Crippen LogP) is 13.1. The van der Waals surface area contributed by atoms with E-state index in [-0.39, 0.29) is 0 Å². The molecule has 0 saturated carbocycles. The second-order valence-electron chi connectivity index (χ2n) is 13.6. The predicted molar refractivity (Wildman–Crippen MR) is 213 cm³/mol. The fraction of sp³-hybridized carbons (Fsp3) is 0.0213. The molecule has 232 valence electrons. The average molecular weight is 670 g/mol. The van der Waals surface area contributed by atoms with E-state index in [9.17, 15) is 0 Å².